The maximum absolute atomic E-state index is 10.7. The summed E-state index contributed by atoms with van der Waals surface area (Å²) in [7, 11) is 4.11. The Morgan fingerprint density at radius 2 is 2.25 bits per heavy atom. The lowest BCUT2D eigenvalue weighted by Gasteiger charge is -2.37. The summed E-state index contributed by atoms with van der Waals surface area (Å²) in [6.45, 7) is 2.82. The smallest absolute Gasteiger partial charge is 0.127 e. The average molecular weight is 170 g/mol. The van der Waals surface area contributed by atoms with Gasteiger partial charge in [0.15, 0.2) is 0 Å². The van der Waals surface area contributed by atoms with Gasteiger partial charge in [-0.1, -0.05) is 6.92 Å². The summed E-state index contributed by atoms with van der Waals surface area (Å²) in [5.74, 6) is 0. The van der Waals surface area contributed by atoms with Crippen molar-refractivity contribution in [3.63, 3.8) is 0 Å². The molecule has 1 heterocycles. The molecule has 1 saturated heterocycles. The van der Waals surface area contributed by atoms with Gasteiger partial charge in [-0.05, 0) is 26.9 Å². The van der Waals surface area contributed by atoms with Crippen molar-refractivity contribution in [2.24, 2.45) is 5.41 Å². The molecule has 0 spiro atoms. The summed E-state index contributed by atoms with van der Waals surface area (Å²) in [5.41, 5.74) is -0.132. The molecule has 1 aliphatic rings. The van der Waals surface area contributed by atoms with E-state index < -0.39 is 0 Å². The van der Waals surface area contributed by atoms with E-state index in [0.717, 1.165) is 25.7 Å². The van der Waals surface area contributed by atoms with Crippen molar-refractivity contribution in [3.05, 3.63) is 0 Å². The molecule has 1 rings (SSSR count). The van der Waals surface area contributed by atoms with E-state index in [1.54, 1.807) is 0 Å². The molecule has 1 fully saturated rings. The van der Waals surface area contributed by atoms with E-state index >= 15 is 0 Å². The van der Waals surface area contributed by atoms with Crippen LogP contribution in [0.3, 0.4) is 0 Å². The molecule has 2 atom stereocenters. The van der Waals surface area contributed by atoms with Gasteiger partial charge in [-0.2, -0.15) is 0 Å². The number of carbonyl (C=O) groups excluding carboxylic acids is 1. The van der Waals surface area contributed by atoms with E-state index in [-0.39, 0.29) is 5.41 Å². The van der Waals surface area contributed by atoms with E-state index in [2.05, 4.69) is 24.3 Å². The van der Waals surface area contributed by atoms with Crippen molar-refractivity contribution in [2.45, 2.75) is 25.9 Å². The van der Waals surface area contributed by atoms with Gasteiger partial charge in [-0.3, -0.25) is 4.90 Å². The number of hydrogen-bond acceptors (Lipinski definition) is 3. The Balaban J connectivity index is 2.44. The van der Waals surface area contributed by atoms with Crippen LogP contribution in [-0.4, -0.2) is 38.0 Å². The zero-order valence-electron chi connectivity index (χ0n) is 8.13. The number of hydrogen-bond donors (Lipinski definition) is 1. The monoisotopic (exact) mass is 170 g/mol. The third-order valence-electron chi connectivity index (χ3n) is 2.64. The van der Waals surface area contributed by atoms with Crippen LogP contribution in [0.2, 0.25) is 0 Å². The molecule has 12 heavy (non-hydrogen) atoms. The summed E-state index contributed by atoms with van der Waals surface area (Å²) in [6, 6.07) is 0. The number of rotatable bonds is 2. The summed E-state index contributed by atoms with van der Waals surface area (Å²) in [6.07, 6.45) is 3.57. The largest absolute Gasteiger partial charge is 0.303 e. The summed E-state index contributed by atoms with van der Waals surface area (Å²) >= 11 is 0. The minimum atomic E-state index is -0.132. The Bertz CT molecular complexity index is 160. The third kappa shape index (κ3) is 2.05. The highest BCUT2D eigenvalue weighted by Crippen LogP contribution is 2.25. The third-order valence-corrected chi connectivity index (χ3v) is 2.64. The first-order valence-corrected chi connectivity index (χ1v) is 4.43. The van der Waals surface area contributed by atoms with Gasteiger partial charge in [-0.25, -0.2) is 0 Å². The summed E-state index contributed by atoms with van der Waals surface area (Å²) < 4.78 is 0. The average Bonchev–Trinajstić information content (AvgIpc) is 2.05. The molecular weight excluding hydrogens is 152 g/mol. The standard InChI is InChI=1S/C9H18N2O/c1-9(7-12)5-4-8(10-6-9)11(2)3/h7-8,10H,4-6H2,1-3H3. The van der Waals surface area contributed by atoms with Crippen LogP contribution in [0.25, 0.3) is 0 Å². The van der Waals surface area contributed by atoms with E-state index in [4.69, 9.17) is 0 Å². The highest BCUT2D eigenvalue weighted by atomic mass is 16.1. The van der Waals surface area contributed by atoms with Crippen molar-refractivity contribution in [1.29, 1.82) is 0 Å². The zero-order valence-corrected chi connectivity index (χ0v) is 8.13. The molecular formula is C9H18N2O. The first-order chi connectivity index (χ1) is 5.57. The lowest BCUT2D eigenvalue weighted by atomic mass is 9.83. The van der Waals surface area contributed by atoms with Crippen molar-refractivity contribution in [1.82, 2.24) is 10.2 Å². The van der Waals surface area contributed by atoms with Crippen LogP contribution in [0.5, 0.6) is 0 Å². The topological polar surface area (TPSA) is 32.3 Å². The molecule has 2 unspecified atom stereocenters. The highest BCUT2D eigenvalue weighted by Gasteiger charge is 2.30. The van der Waals surface area contributed by atoms with Gasteiger partial charge in [0.2, 0.25) is 0 Å². The Morgan fingerprint density at radius 3 is 2.58 bits per heavy atom. The van der Waals surface area contributed by atoms with Gasteiger partial charge in [0, 0.05) is 12.0 Å². The Hall–Kier alpha value is -0.410. The number of piperidine rings is 1. The molecule has 0 aliphatic carbocycles. The second kappa shape index (κ2) is 3.54. The van der Waals surface area contributed by atoms with Crippen LogP contribution >= 0.6 is 0 Å². The lowest BCUT2D eigenvalue weighted by molar-refractivity contribution is -0.116. The predicted octanol–water partition coefficient (Wildman–Crippen LogP) is 0.463. The van der Waals surface area contributed by atoms with Gasteiger partial charge in [0.05, 0.1) is 6.17 Å². The number of nitrogens with one attached hydrogen (secondary N) is 1. The molecule has 0 aromatic heterocycles. The molecule has 1 aliphatic heterocycles. The molecule has 0 radical (unpaired) electrons. The second-order valence-electron chi connectivity index (χ2n) is 4.17. The SMILES string of the molecule is CN(C)C1CCC(C)(C=O)CN1. The number of nitrogens with zero attached hydrogens (tertiary/aromatic N) is 1. The first-order valence-electron chi connectivity index (χ1n) is 4.43. The first kappa shape index (κ1) is 9.68. The van der Waals surface area contributed by atoms with Gasteiger partial charge in [0.25, 0.3) is 0 Å². The fourth-order valence-corrected chi connectivity index (χ4v) is 1.55. The van der Waals surface area contributed by atoms with Gasteiger partial charge in [0.1, 0.15) is 6.29 Å². The van der Waals surface area contributed by atoms with E-state index in [9.17, 15) is 4.79 Å². The van der Waals surface area contributed by atoms with Crippen molar-refractivity contribution >= 4 is 6.29 Å². The van der Waals surface area contributed by atoms with Crippen molar-refractivity contribution in [3.8, 4) is 0 Å². The maximum Gasteiger partial charge on any atom is 0.127 e. The lowest BCUT2D eigenvalue weighted by Crippen LogP contribution is -2.51. The second-order valence-corrected chi connectivity index (χ2v) is 4.17. The fraction of sp³-hybridized carbons (Fsp3) is 0.889. The minimum Gasteiger partial charge on any atom is -0.303 e. The van der Waals surface area contributed by atoms with Crippen molar-refractivity contribution < 1.29 is 4.79 Å². The Kier molecular flexibility index (Phi) is 2.85. The molecule has 0 saturated carbocycles. The van der Waals surface area contributed by atoms with Gasteiger partial charge >= 0.3 is 0 Å². The van der Waals surface area contributed by atoms with E-state index in [1.165, 1.54) is 0 Å². The van der Waals surface area contributed by atoms with Gasteiger partial charge < -0.3 is 10.1 Å². The number of carbonyl (C=O) groups is 1. The fourth-order valence-electron chi connectivity index (χ4n) is 1.55. The quantitative estimate of drug-likeness (QED) is 0.611. The van der Waals surface area contributed by atoms with E-state index in [0.29, 0.717) is 6.17 Å². The predicted molar refractivity (Wildman–Crippen MR) is 48.9 cm³/mol. The van der Waals surface area contributed by atoms with Crippen LogP contribution in [0.1, 0.15) is 19.8 Å². The summed E-state index contributed by atoms with van der Waals surface area (Å²) in [5, 5.41) is 3.35. The van der Waals surface area contributed by atoms with Crippen LogP contribution in [0, 0.1) is 5.41 Å². The summed E-state index contributed by atoms with van der Waals surface area (Å²) in [4.78, 5) is 12.9. The van der Waals surface area contributed by atoms with Crippen LogP contribution < -0.4 is 5.32 Å². The molecule has 0 amide bonds. The molecule has 0 aromatic rings. The molecule has 3 heteroatoms. The molecule has 3 nitrogen and oxygen atoms in total. The normalized spacial score (nSPS) is 36.8. The van der Waals surface area contributed by atoms with Crippen LogP contribution in [0.15, 0.2) is 0 Å². The van der Waals surface area contributed by atoms with Gasteiger partial charge in [-0.15, -0.1) is 0 Å². The minimum absolute atomic E-state index is 0.132. The Morgan fingerprint density at radius 1 is 1.58 bits per heavy atom. The molecule has 70 valence electrons. The van der Waals surface area contributed by atoms with E-state index in [1.807, 2.05) is 6.92 Å². The maximum atomic E-state index is 10.7. The molecule has 0 aromatic carbocycles. The van der Waals surface area contributed by atoms with Crippen LogP contribution in [0.4, 0.5) is 0 Å². The molecule has 1 N–H and O–H groups in total. The number of aldehydes is 1. The highest BCUT2D eigenvalue weighted by molar-refractivity contribution is 5.59. The Labute approximate surface area is 74.1 Å². The zero-order chi connectivity index (χ0) is 9.19. The molecule has 0 bridgehead atoms. The van der Waals surface area contributed by atoms with Crippen molar-refractivity contribution in [2.75, 3.05) is 20.6 Å². The van der Waals surface area contributed by atoms with Crippen LogP contribution in [-0.2, 0) is 4.79 Å².